The molecule has 0 amide bonds. The second kappa shape index (κ2) is 6.34. The largest absolute Gasteiger partial charge is 0.496 e. The van der Waals surface area contributed by atoms with Gasteiger partial charge in [-0.25, -0.2) is 9.78 Å². The van der Waals surface area contributed by atoms with Crippen molar-refractivity contribution >= 4 is 11.2 Å². The zero-order chi connectivity index (χ0) is 19.1. The van der Waals surface area contributed by atoms with Crippen molar-refractivity contribution in [2.24, 2.45) is 12.5 Å². The Morgan fingerprint density at radius 1 is 1.23 bits per heavy atom. The molecule has 0 atom stereocenters. The summed E-state index contributed by atoms with van der Waals surface area (Å²) in [5.74, 6) is 0.579. The van der Waals surface area contributed by atoms with E-state index >= 15 is 0 Å². The zero-order valence-electron chi connectivity index (χ0n) is 15.7. The summed E-state index contributed by atoms with van der Waals surface area (Å²) in [4.78, 5) is 17.4. The molecule has 0 fully saturated rings. The average molecular weight is 350 g/mol. The summed E-state index contributed by atoms with van der Waals surface area (Å²) in [5, 5.41) is 9.45. The second-order valence-electron chi connectivity index (χ2n) is 7.52. The van der Waals surface area contributed by atoms with E-state index in [1.54, 1.807) is 41.5 Å². The number of rotatable bonds is 3. The van der Waals surface area contributed by atoms with Crippen LogP contribution in [0.25, 0.3) is 22.4 Å². The molecule has 2 heterocycles. The van der Waals surface area contributed by atoms with Crippen molar-refractivity contribution < 1.29 is 4.74 Å². The number of fused-ring (bicyclic) bond motifs is 1. The van der Waals surface area contributed by atoms with Crippen LogP contribution in [0.3, 0.4) is 0 Å². The van der Waals surface area contributed by atoms with Crippen LogP contribution in [0.4, 0.5) is 0 Å². The van der Waals surface area contributed by atoms with Gasteiger partial charge in [-0.2, -0.15) is 5.26 Å². The molecule has 0 saturated heterocycles. The summed E-state index contributed by atoms with van der Waals surface area (Å²) in [6.45, 7) is 6.87. The van der Waals surface area contributed by atoms with Crippen molar-refractivity contribution in [3.63, 3.8) is 0 Å². The molecule has 0 spiro atoms. The number of benzene rings is 1. The van der Waals surface area contributed by atoms with E-state index < -0.39 is 0 Å². The first kappa shape index (κ1) is 17.7. The maximum Gasteiger partial charge on any atom is 0.330 e. The number of methoxy groups -OCH3 is 1. The summed E-state index contributed by atoms with van der Waals surface area (Å²) in [6.07, 6.45) is 0. The number of imidazole rings is 1. The lowest BCUT2D eigenvalue weighted by Crippen LogP contribution is -2.27. The van der Waals surface area contributed by atoms with Gasteiger partial charge in [0.05, 0.1) is 35.5 Å². The molecule has 0 aliphatic carbocycles. The third kappa shape index (κ3) is 2.97. The molecular weight excluding hydrogens is 328 g/mol. The molecule has 26 heavy (non-hydrogen) atoms. The smallest absolute Gasteiger partial charge is 0.330 e. The summed E-state index contributed by atoms with van der Waals surface area (Å²) >= 11 is 0. The molecule has 1 aromatic carbocycles. The third-order valence-corrected chi connectivity index (χ3v) is 4.24. The van der Waals surface area contributed by atoms with Crippen LogP contribution in [-0.2, 0) is 13.6 Å². The van der Waals surface area contributed by atoms with Gasteiger partial charge in [-0.3, -0.25) is 9.13 Å². The van der Waals surface area contributed by atoms with E-state index in [0.29, 0.717) is 34.8 Å². The van der Waals surface area contributed by atoms with Crippen LogP contribution in [0.1, 0.15) is 26.3 Å². The summed E-state index contributed by atoms with van der Waals surface area (Å²) in [5.41, 5.74) is 2.96. The summed E-state index contributed by atoms with van der Waals surface area (Å²) in [6, 6.07) is 11.2. The maximum absolute atomic E-state index is 12.7. The fourth-order valence-electron chi connectivity index (χ4n) is 3.10. The molecule has 0 unspecified atom stereocenters. The van der Waals surface area contributed by atoms with Crippen molar-refractivity contribution in [2.75, 3.05) is 7.11 Å². The molecule has 0 N–H and O–H groups in total. The van der Waals surface area contributed by atoms with E-state index in [-0.39, 0.29) is 11.1 Å². The van der Waals surface area contributed by atoms with Gasteiger partial charge < -0.3 is 4.74 Å². The number of hydrogen-bond donors (Lipinski definition) is 0. The van der Waals surface area contributed by atoms with E-state index in [2.05, 4.69) is 31.8 Å². The number of hydrogen-bond acceptors (Lipinski definition) is 4. The molecule has 0 radical (unpaired) electrons. The van der Waals surface area contributed by atoms with Crippen LogP contribution in [0.5, 0.6) is 5.75 Å². The first-order valence-electron chi connectivity index (χ1n) is 8.40. The minimum atomic E-state index is -0.0971. The molecule has 134 valence electrons. The summed E-state index contributed by atoms with van der Waals surface area (Å²) < 4.78 is 8.71. The van der Waals surface area contributed by atoms with Crippen LogP contribution in [0.15, 0.2) is 35.1 Å². The predicted molar refractivity (Wildman–Crippen MR) is 101 cm³/mol. The number of nitriles is 1. The van der Waals surface area contributed by atoms with Crippen LogP contribution < -0.4 is 10.4 Å². The molecule has 6 nitrogen and oxygen atoms in total. The van der Waals surface area contributed by atoms with Gasteiger partial charge >= 0.3 is 5.69 Å². The van der Waals surface area contributed by atoms with Gasteiger partial charge in [0, 0.05) is 13.6 Å². The highest BCUT2D eigenvalue weighted by atomic mass is 16.5. The van der Waals surface area contributed by atoms with Crippen LogP contribution in [0.2, 0.25) is 0 Å². The van der Waals surface area contributed by atoms with Gasteiger partial charge in [0.1, 0.15) is 5.75 Å². The number of aryl methyl sites for hydroxylation is 1. The lowest BCUT2D eigenvalue weighted by atomic mass is 9.97. The highest BCUT2D eigenvalue weighted by Crippen LogP contribution is 2.33. The number of aromatic nitrogens is 3. The maximum atomic E-state index is 12.7. The van der Waals surface area contributed by atoms with E-state index in [1.807, 2.05) is 12.1 Å². The number of pyridine rings is 1. The Bertz CT molecular complexity index is 1080. The van der Waals surface area contributed by atoms with E-state index in [9.17, 15) is 10.1 Å². The van der Waals surface area contributed by atoms with Crippen LogP contribution >= 0.6 is 0 Å². The van der Waals surface area contributed by atoms with Crippen molar-refractivity contribution in [3.8, 4) is 23.1 Å². The molecule has 0 saturated carbocycles. The molecule has 3 aromatic rings. The first-order valence-corrected chi connectivity index (χ1v) is 8.40. The van der Waals surface area contributed by atoms with E-state index in [4.69, 9.17) is 4.74 Å². The van der Waals surface area contributed by atoms with Crippen LogP contribution in [0, 0.1) is 16.7 Å². The van der Waals surface area contributed by atoms with E-state index in [0.717, 1.165) is 5.52 Å². The Labute approximate surface area is 152 Å². The molecule has 2 aromatic heterocycles. The van der Waals surface area contributed by atoms with Gasteiger partial charge in [0.15, 0.2) is 5.65 Å². The Morgan fingerprint density at radius 3 is 2.58 bits per heavy atom. The topological polar surface area (TPSA) is 72.8 Å². The van der Waals surface area contributed by atoms with Crippen LogP contribution in [-0.4, -0.2) is 21.2 Å². The average Bonchev–Trinajstić information content (AvgIpc) is 2.84. The molecule has 0 aliphatic rings. The monoisotopic (exact) mass is 350 g/mol. The highest BCUT2D eigenvalue weighted by Gasteiger charge is 2.20. The van der Waals surface area contributed by atoms with Gasteiger partial charge in [-0.15, -0.1) is 0 Å². The SMILES string of the molecule is COc1cccc(C#N)c1-c1ccc2c(n1)n(C)c(=O)n2CC(C)(C)C. The van der Waals surface area contributed by atoms with Crippen molar-refractivity contribution in [1.82, 2.24) is 14.1 Å². The van der Waals surface area contributed by atoms with E-state index in [1.165, 1.54) is 0 Å². The molecular formula is C20H22N4O2. The minimum Gasteiger partial charge on any atom is -0.496 e. The lowest BCUT2D eigenvalue weighted by Gasteiger charge is -2.18. The normalized spacial score (nSPS) is 11.5. The number of nitrogens with zero attached hydrogens (tertiary/aromatic N) is 4. The quantitative estimate of drug-likeness (QED) is 0.726. The van der Waals surface area contributed by atoms with Crippen molar-refractivity contribution in [1.29, 1.82) is 5.26 Å². The van der Waals surface area contributed by atoms with Gasteiger partial charge in [-0.1, -0.05) is 26.8 Å². The molecule has 6 heteroatoms. The predicted octanol–water partition coefficient (Wildman–Crippen LogP) is 3.33. The second-order valence-corrected chi connectivity index (χ2v) is 7.52. The fourth-order valence-corrected chi connectivity index (χ4v) is 3.10. The highest BCUT2D eigenvalue weighted by molar-refractivity contribution is 5.80. The Morgan fingerprint density at radius 2 is 1.96 bits per heavy atom. The molecule has 0 bridgehead atoms. The summed E-state index contributed by atoms with van der Waals surface area (Å²) in [7, 11) is 3.28. The number of ether oxygens (including phenoxy) is 1. The fraction of sp³-hybridized carbons (Fsp3) is 0.350. The molecule has 3 rings (SSSR count). The molecule has 0 aliphatic heterocycles. The first-order chi connectivity index (χ1) is 12.3. The Kier molecular flexibility index (Phi) is 4.33. The van der Waals surface area contributed by atoms with Crippen molar-refractivity contribution in [3.05, 3.63) is 46.4 Å². The van der Waals surface area contributed by atoms with Gasteiger partial charge in [-0.05, 0) is 29.7 Å². The zero-order valence-corrected chi connectivity index (χ0v) is 15.7. The Hall–Kier alpha value is -3.07. The van der Waals surface area contributed by atoms with Gasteiger partial charge in [0.2, 0.25) is 0 Å². The third-order valence-electron chi connectivity index (χ3n) is 4.24. The standard InChI is InChI=1S/C20H22N4O2/c1-20(2,3)12-24-15-10-9-14(22-18(15)23(4)19(24)25)17-13(11-21)7-6-8-16(17)26-5/h6-10H,12H2,1-5H3. The lowest BCUT2D eigenvalue weighted by molar-refractivity contribution is 0.342. The Balaban J connectivity index is 2.27. The van der Waals surface area contributed by atoms with Crippen molar-refractivity contribution in [2.45, 2.75) is 27.3 Å². The minimum absolute atomic E-state index is 0.0343. The van der Waals surface area contributed by atoms with Gasteiger partial charge in [0.25, 0.3) is 0 Å².